The van der Waals surface area contributed by atoms with Crippen molar-refractivity contribution < 1.29 is 9.59 Å². The lowest BCUT2D eigenvalue weighted by molar-refractivity contribution is -0.126. The fourth-order valence-corrected chi connectivity index (χ4v) is 6.59. The molecule has 2 N–H and O–H groups in total. The molecule has 0 bridgehead atoms. The lowest BCUT2D eigenvalue weighted by atomic mass is 9.70. The fraction of sp³-hybridized carbons (Fsp3) is 0.167. The first-order valence-electron chi connectivity index (χ1n) is 13.4. The van der Waals surface area contributed by atoms with Crippen LogP contribution in [0.3, 0.4) is 0 Å². The normalized spacial score (nSPS) is 17.7. The summed E-state index contributed by atoms with van der Waals surface area (Å²) in [7, 11) is 1.73. The van der Waals surface area contributed by atoms with Gasteiger partial charge in [0.25, 0.3) is 5.56 Å². The smallest absolute Gasteiger partial charge is 0.255 e. The number of H-pyrrole nitrogens is 1. The summed E-state index contributed by atoms with van der Waals surface area (Å²) in [6.07, 6.45) is 2.79. The molecule has 2 aliphatic heterocycles. The van der Waals surface area contributed by atoms with Crippen molar-refractivity contribution in [2.75, 3.05) is 10.2 Å². The molecule has 0 saturated carbocycles. The number of aromatic nitrogens is 7. The van der Waals surface area contributed by atoms with Crippen LogP contribution in [0.15, 0.2) is 72.0 Å². The lowest BCUT2D eigenvalue weighted by Crippen LogP contribution is -2.47. The van der Waals surface area contributed by atoms with E-state index in [1.54, 1.807) is 16.5 Å². The molecule has 0 radical (unpaired) electrons. The number of hydrogen-bond acceptors (Lipinski definition) is 7. The number of carbonyl (C=O) groups is 2. The molecule has 0 saturated heterocycles. The maximum absolute atomic E-state index is 14.7. The van der Waals surface area contributed by atoms with Crippen LogP contribution in [0.1, 0.15) is 28.8 Å². The number of para-hydroxylation sites is 2. The van der Waals surface area contributed by atoms with Gasteiger partial charge in [-0.15, -0.1) is 0 Å². The van der Waals surface area contributed by atoms with E-state index in [0.29, 0.717) is 50.9 Å². The second-order valence-electron chi connectivity index (χ2n) is 10.7. The van der Waals surface area contributed by atoms with Gasteiger partial charge in [0, 0.05) is 30.3 Å². The number of imidazole rings is 1. The van der Waals surface area contributed by atoms with Crippen LogP contribution in [0.25, 0.3) is 27.9 Å². The Balaban J connectivity index is 1.33. The average Bonchev–Trinajstić information content (AvgIpc) is 3.67. The molecule has 42 heavy (non-hydrogen) atoms. The summed E-state index contributed by atoms with van der Waals surface area (Å²) < 4.78 is 3.13. The monoisotopic (exact) mass is 557 g/mol. The minimum Gasteiger partial charge on any atom is -0.340 e. The minimum absolute atomic E-state index is 0.0555. The van der Waals surface area contributed by atoms with Crippen molar-refractivity contribution in [2.45, 2.75) is 25.3 Å². The van der Waals surface area contributed by atoms with Gasteiger partial charge < -0.3 is 19.8 Å². The third-order valence-corrected chi connectivity index (χ3v) is 8.37. The molecule has 0 fully saturated rings. The van der Waals surface area contributed by atoms with Crippen LogP contribution in [-0.4, -0.2) is 46.1 Å². The van der Waals surface area contributed by atoms with Gasteiger partial charge in [0.1, 0.15) is 23.1 Å². The summed E-state index contributed by atoms with van der Waals surface area (Å²) in [5.74, 6) is 0.150. The molecule has 2 aromatic carbocycles. The molecule has 8 rings (SSSR count). The van der Waals surface area contributed by atoms with Gasteiger partial charge >= 0.3 is 0 Å². The Morgan fingerprint density at radius 3 is 2.69 bits per heavy atom. The topological polar surface area (TPSA) is 144 Å². The zero-order valence-corrected chi connectivity index (χ0v) is 22.6. The van der Waals surface area contributed by atoms with Gasteiger partial charge in [-0.25, -0.2) is 15.0 Å². The number of nitrogens with zero attached hydrogens (tertiary/aromatic N) is 7. The molecule has 1 spiro atoms. The van der Waals surface area contributed by atoms with E-state index in [-0.39, 0.29) is 30.3 Å². The van der Waals surface area contributed by atoms with E-state index < -0.39 is 5.41 Å². The SMILES string of the molecule is Cc1nn(-c2ncnc3nc[nH]c23)c2c1[C@]1(CC(=O)N2)C(=O)N(Cc2cc3ccccc3n(C)c2=O)c2ccccc21. The highest BCUT2D eigenvalue weighted by molar-refractivity contribution is 6.16. The van der Waals surface area contributed by atoms with Crippen LogP contribution in [-0.2, 0) is 28.6 Å². The molecule has 6 aromatic rings. The van der Waals surface area contributed by atoms with Crippen LogP contribution >= 0.6 is 0 Å². The van der Waals surface area contributed by atoms with Crippen molar-refractivity contribution in [3.8, 4) is 5.82 Å². The van der Waals surface area contributed by atoms with Gasteiger partial charge in [0.15, 0.2) is 11.5 Å². The number of pyridine rings is 1. The van der Waals surface area contributed by atoms with Crippen LogP contribution in [0.5, 0.6) is 0 Å². The highest BCUT2D eigenvalue weighted by atomic mass is 16.2. The number of aromatic amines is 1. The predicted octanol–water partition coefficient (Wildman–Crippen LogP) is 2.87. The number of carbonyl (C=O) groups excluding carboxylic acids is 2. The molecule has 0 aliphatic carbocycles. The Kier molecular flexibility index (Phi) is 4.85. The number of anilines is 2. The van der Waals surface area contributed by atoms with E-state index in [1.165, 1.54) is 17.3 Å². The first-order chi connectivity index (χ1) is 20.4. The second kappa shape index (κ2) is 8.43. The van der Waals surface area contributed by atoms with Crippen LogP contribution < -0.4 is 15.8 Å². The molecule has 6 heterocycles. The highest BCUT2D eigenvalue weighted by Gasteiger charge is 2.58. The van der Waals surface area contributed by atoms with Gasteiger partial charge in [0.05, 0.1) is 24.1 Å². The maximum atomic E-state index is 14.7. The van der Waals surface area contributed by atoms with E-state index in [0.717, 1.165) is 10.9 Å². The number of fused-ring (bicyclic) bond motifs is 6. The van der Waals surface area contributed by atoms with E-state index in [9.17, 15) is 14.4 Å². The van der Waals surface area contributed by atoms with Crippen molar-refractivity contribution in [2.24, 2.45) is 7.05 Å². The Morgan fingerprint density at radius 1 is 1.00 bits per heavy atom. The van der Waals surface area contributed by atoms with Crippen molar-refractivity contribution in [1.82, 2.24) is 34.3 Å². The molecular formula is C30H23N9O3. The lowest BCUT2D eigenvalue weighted by Gasteiger charge is -2.33. The third-order valence-electron chi connectivity index (χ3n) is 8.37. The summed E-state index contributed by atoms with van der Waals surface area (Å²) >= 11 is 0. The van der Waals surface area contributed by atoms with Gasteiger partial charge in [-0.1, -0.05) is 36.4 Å². The standard InChI is InChI=1S/C30H23N9O3/c1-16-23-26(39(36-16)27-24-25(32-14-31-24)33-15-34-27)35-22(40)12-30(23)19-8-4-6-10-21(19)38(29(30)42)13-18-11-17-7-3-5-9-20(17)37(2)28(18)41/h3-11,14-15H,12-13H2,1-2H3,(H,35,40)(H,31,32,33,34)/t30-/m1/s1. The van der Waals surface area contributed by atoms with E-state index >= 15 is 0 Å². The average molecular weight is 558 g/mol. The molecule has 1 atom stereocenters. The van der Waals surface area contributed by atoms with Gasteiger partial charge in [-0.05, 0) is 36.1 Å². The molecule has 2 aliphatic rings. The van der Waals surface area contributed by atoms with Crippen LogP contribution in [0, 0.1) is 6.92 Å². The maximum Gasteiger partial charge on any atom is 0.255 e. The van der Waals surface area contributed by atoms with Crippen molar-refractivity contribution >= 4 is 45.4 Å². The quantitative estimate of drug-likeness (QED) is 0.341. The molecule has 12 heteroatoms. The van der Waals surface area contributed by atoms with Crippen molar-refractivity contribution in [3.05, 3.63) is 100.0 Å². The van der Waals surface area contributed by atoms with E-state index in [2.05, 4.69) is 25.3 Å². The highest BCUT2D eigenvalue weighted by Crippen LogP contribution is 2.53. The van der Waals surface area contributed by atoms with Crippen molar-refractivity contribution in [1.29, 1.82) is 0 Å². The number of hydrogen-bond donors (Lipinski definition) is 2. The Morgan fingerprint density at radius 2 is 1.81 bits per heavy atom. The van der Waals surface area contributed by atoms with Crippen LogP contribution in [0.2, 0.25) is 0 Å². The molecule has 0 unspecified atom stereocenters. The number of aryl methyl sites for hydroxylation is 2. The Labute approximate surface area is 237 Å². The number of amides is 2. The summed E-state index contributed by atoms with van der Waals surface area (Å²) in [4.78, 5) is 59.1. The largest absolute Gasteiger partial charge is 0.340 e. The molecular weight excluding hydrogens is 534 g/mol. The third kappa shape index (κ3) is 3.08. The van der Waals surface area contributed by atoms with E-state index in [1.807, 2.05) is 61.5 Å². The first-order valence-corrected chi connectivity index (χ1v) is 13.4. The Bertz CT molecular complexity index is 2190. The fourth-order valence-electron chi connectivity index (χ4n) is 6.59. The predicted molar refractivity (Wildman–Crippen MR) is 154 cm³/mol. The minimum atomic E-state index is -1.33. The Hall–Kier alpha value is -5.65. The summed E-state index contributed by atoms with van der Waals surface area (Å²) in [5, 5.41) is 8.61. The molecule has 12 nitrogen and oxygen atoms in total. The van der Waals surface area contributed by atoms with Crippen LogP contribution in [0.4, 0.5) is 11.5 Å². The molecule has 206 valence electrons. The van der Waals surface area contributed by atoms with E-state index in [4.69, 9.17) is 5.10 Å². The number of nitrogens with one attached hydrogen (secondary N) is 2. The first kappa shape index (κ1) is 24.2. The van der Waals surface area contributed by atoms with Gasteiger partial charge in [-0.2, -0.15) is 9.78 Å². The summed E-state index contributed by atoms with van der Waals surface area (Å²) in [6.45, 7) is 1.87. The van der Waals surface area contributed by atoms with Crippen molar-refractivity contribution in [3.63, 3.8) is 0 Å². The zero-order valence-electron chi connectivity index (χ0n) is 22.6. The zero-order chi connectivity index (χ0) is 28.7. The number of benzene rings is 2. The summed E-state index contributed by atoms with van der Waals surface area (Å²) in [5.41, 5.74) is 3.28. The number of rotatable bonds is 3. The molecule has 4 aromatic heterocycles. The summed E-state index contributed by atoms with van der Waals surface area (Å²) in [6, 6.07) is 16.9. The second-order valence-corrected chi connectivity index (χ2v) is 10.7. The van der Waals surface area contributed by atoms with Gasteiger partial charge in [0.2, 0.25) is 11.8 Å². The molecule has 2 amide bonds. The van der Waals surface area contributed by atoms with Gasteiger partial charge in [-0.3, -0.25) is 14.4 Å².